The van der Waals surface area contributed by atoms with Crippen molar-refractivity contribution in [3.63, 3.8) is 0 Å². The molecule has 4 nitrogen and oxygen atoms in total. The van der Waals surface area contributed by atoms with Crippen molar-refractivity contribution in [2.75, 3.05) is 0 Å². The molecular weight excluding hydrogens is 292 g/mol. The van der Waals surface area contributed by atoms with Gasteiger partial charge in [0.15, 0.2) is 5.11 Å². The van der Waals surface area contributed by atoms with E-state index < -0.39 is 0 Å². The molecule has 0 amide bonds. The molecule has 2 unspecified atom stereocenters. The highest BCUT2D eigenvalue weighted by Crippen LogP contribution is 2.41. The summed E-state index contributed by atoms with van der Waals surface area (Å²) in [6.45, 7) is 8.57. The van der Waals surface area contributed by atoms with Crippen molar-refractivity contribution in [1.29, 1.82) is 0 Å². The summed E-state index contributed by atoms with van der Waals surface area (Å²) in [7, 11) is 0. The molecule has 2 aromatic rings. The molecule has 0 bridgehead atoms. The number of aromatic nitrogens is 2. The maximum absolute atomic E-state index is 5.60. The average molecular weight is 314 g/mol. The molecule has 2 N–H and O–H groups in total. The number of hydrogen-bond acceptors (Lipinski definition) is 2. The van der Waals surface area contributed by atoms with Crippen molar-refractivity contribution in [2.24, 2.45) is 0 Å². The third kappa shape index (κ3) is 2.50. The Morgan fingerprint density at radius 1 is 1.27 bits per heavy atom. The van der Waals surface area contributed by atoms with E-state index in [1.54, 1.807) is 0 Å². The van der Waals surface area contributed by atoms with Crippen LogP contribution in [0.15, 0.2) is 30.5 Å². The fourth-order valence-corrected chi connectivity index (χ4v) is 3.76. The van der Waals surface area contributed by atoms with Crippen LogP contribution >= 0.6 is 12.2 Å². The van der Waals surface area contributed by atoms with Gasteiger partial charge in [0.25, 0.3) is 0 Å². The summed E-state index contributed by atoms with van der Waals surface area (Å²) < 4.78 is 0. The smallest absolute Gasteiger partial charge is 0.170 e. The normalized spacial score (nSPS) is 21.5. The summed E-state index contributed by atoms with van der Waals surface area (Å²) in [5.41, 5.74) is 4.68. The largest absolute Gasteiger partial charge is 0.362 e. The molecule has 2 aromatic heterocycles. The van der Waals surface area contributed by atoms with Crippen LogP contribution in [0.3, 0.4) is 0 Å². The van der Waals surface area contributed by atoms with Gasteiger partial charge in [-0.05, 0) is 63.7 Å². The Kier molecular flexibility index (Phi) is 3.91. The standard InChI is InChI=1S/C17H22N4S/c1-10(2)21-16(13-9-11(3)19-12(13)4)15(20-17(21)22)14-7-5-6-8-18-14/h5-10,15-16,19H,1-4H3,(H,20,22). The van der Waals surface area contributed by atoms with Crippen LogP contribution in [0, 0.1) is 13.8 Å². The number of aryl methyl sites for hydroxylation is 2. The zero-order valence-electron chi connectivity index (χ0n) is 13.4. The Morgan fingerprint density at radius 3 is 2.59 bits per heavy atom. The van der Waals surface area contributed by atoms with Gasteiger partial charge in [0.2, 0.25) is 0 Å². The lowest BCUT2D eigenvalue weighted by atomic mass is 9.96. The van der Waals surface area contributed by atoms with E-state index in [1.807, 2.05) is 18.3 Å². The van der Waals surface area contributed by atoms with Crippen molar-refractivity contribution >= 4 is 17.3 Å². The second-order valence-corrected chi connectivity index (χ2v) is 6.55. The molecule has 1 saturated heterocycles. The highest BCUT2D eigenvalue weighted by atomic mass is 32.1. The summed E-state index contributed by atoms with van der Waals surface area (Å²) >= 11 is 5.60. The van der Waals surface area contributed by atoms with Gasteiger partial charge in [0.05, 0.1) is 17.8 Å². The summed E-state index contributed by atoms with van der Waals surface area (Å²) in [5, 5.41) is 4.27. The predicted octanol–water partition coefficient (Wildman–Crippen LogP) is 3.41. The van der Waals surface area contributed by atoms with Crippen molar-refractivity contribution in [1.82, 2.24) is 20.2 Å². The first kappa shape index (κ1) is 15.0. The van der Waals surface area contributed by atoms with Gasteiger partial charge in [-0.2, -0.15) is 0 Å². The Morgan fingerprint density at radius 2 is 2.05 bits per heavy atom. The Labute approximate surface area is 136 Å². The minimum atomic E-state index is 0.0741. The van der Waals surface area contributed by atoms with E-state index in [9.17, 15) is 0 Å². The molecule has 0 radical (unpaired) electrons. The lowest BCUT2D eigenvalue weighted by Crippen LogP contribution is -2.35. The zero-order chi connectivity index (χ0) is 15.9. The lowest BCUT2D eigenvalue weighted by Gasteiger charge is -2.31. The van der Waals surface area contributed by atoms with E-state index in [-0.39, 0.29) is 12.1 Å². The lowest BCUT2D eigenvalue weighted by molar-refractivity contribution is 0.269. The van der Waals surface area contributed by atoms with Crippen LogP contribution < -0.4 is 5.32 Å². The van der Waals surface area contributed by atoms with Gasteiger partial charge in [-0.25, -0.2) is 0 Å². The van der Waals surface area contributed by atoms with Crippen molar-refractivity contribution < 1.29 is 0 Å². The number of aromatic amines is 1. The maximum atomic E-state index is 5.60. The number of nitrogens with one attached hydrogen (secondary N) is 2. The van der Waals surface area contributed by atoms with E-state index in [1.165, 1.54) is 17.0 Å². The highest BCUT2D eigenvalue weighted by Gasteiger charge is 2.41. The number of thiocarbonyl (C=S) groups is 1. The molecule has 1 fully saturated rings. The first-order valence-electron chi connectivity index (χ1n) is 7.65. The van der Waals surface area contributed by atoms with Gasteiger partial charge in [0.1, 0.15) is 0 Å². The van der Waals surface area contributed by atoms with Crippen LogP contribution in [-0.4, -0.2) is 26.0 Å². The van der Waals surface area contributed by atoms with E-state index >= 15 is 0 Å². The molecular formula is C17H22N4S. The summed E-state index contributed by atoms with van der Waals surface area (Å²) in [6.07, 6.45) is 1.84. The molecule has 0 aliphatic carbocycles. The fourth-order valence-electron chi connectivity index (χ4n) is 3.31. The number of pyridine rings is 1. The van der Waals surface area contributed by atoms with Gasteiger partial charge in [-0.15, -0.1) is 0 Å². The van der Waals surface area contributed by atoms with Gasteiger partial charge in [0, 0.05) is 23.6 Å². The van der Waals surface area contributed by atoms with E-state index in [2.05, 4.69) is 60.0 Å². The molecule has 3 rings (SSSR count). The molecule has 116 valence electrons. The third-order valence-corrected chi connectivity index (χ3v) is 4.53. The quantitative estimate of drug-likeness (QED) is 0.852. The Hall–Kier alpha value is -1.88. The number of H-pyrrole nitrogens is 1. The topological polar surface area (TPSA) is 44.0 Å². The second-order valence-electron chi connectivity index (χ2n) is 6.16. The SMILES string of the molecule is Cc1cc(C2C(c3ccccn3)NC(=S)N2C(C)C)c(C)[nH]1. The Bertz CT molecular complexity index is 677. The van der Waals surface area contributed by atoms with Crippen LogP contribution in [0.2, 0.25) is 0 Å². The first-order valence-corrected chi connectivity index (χ1v) is 8.05. The minimum absolute atomic E-state index is 0.0741. The zero-order valence-corrected chi connectivity index (χ0v) is 14.2. The van der Waals surface area contributed by atoms with E-state index in [4.69, 9.17) is 12.2 Å². The summed E-state index contributed by atoms with van der Waals surface area (Å²) in [5.74, 6) is 0. The molecule has 0 saturated carbocycles. The Balaban J connectivity index is 2.09. The molecule has 1 aliphatic heterocycles. The van der Waals surface area contributed by atoms with Gasteiger partial charge in [-0.3, -0.25) is 4.98 Å². The first-order chi connectivity index (χ1) is 10.5. The molecule has 22 heavy (non-hydrogen) atoms. The van der Waals surface area contributed by atoms with Gasteiger partial charge in [-0.1, -0.05) is 6.07 Å². The highest BCUT2D eigenvalue weighted by molar-refractivity contribution is 7.80. The van der Waals surface area contributed by atoms with Crippen LogP contribution in [-0.2, 0) is 0 Å². The van der Waals surface area contributed by atoms with Crippen LogP contribution in [0.4, 0.5) is 0 Å². The minimum Gasteiger partial charge on any atom is -0.362 e. The third-order valence-electron chi connectivity index (χ3n) is 4.20. The van der Waals surface area contributed by atoms with Crippen molar-refractivity contribution in [2.45, 2.75) is 45.8 Å². The van der Waals surface area contributed by atoms with Crippen molar-refractivity contribution in [3.8, 4) is 0 Å². The van der Waals surface area contributed by atoms with Crippen LogP contribution in [0.25, 0.3) is 0 Å². The molecule has 1 aliphatic rings. The predicted molar refractivity (Wildman–Crippen MR) is 92.7 cm³/mol. The molecule has 0 spiro atoms. The maximum Gasteiger partial charge on any atom is 0.170 e. The second kappa shape index (κ2) is 5.72. The summed E-state index contributed by atoms with van der Waals surface area (Å²) in [4.78, 5) is 10.2. The van der Waals surface area contributed by atoms with E-state index in [0.717, 1.165) is 10.8 Å². The molecule has 0 aromatic carbocycles. The average Bonchev–Trinajstić information content (AvgIpc) is 2.99. The van der Waals surface area contributed by atoms with E-state index in [0.29, 0.717) is 6.04 Å². The fraction of sp³-hybridized carbons (Fsp3) is 0.412. The molecule has 3 heterocycles. The molecule has 2 atom stereocenters. The van der Waals surface area contributed by atoms with Crippen molar-refractivity contribution in [3.05, 3.63) is 53.1 Å². The van der Waals surface area contributed by atoms with Crippen LogP contribution in [0.5, 0.6) is 0 Å². The number of nitrogens with zero attached hydrogens (tertiary/aromatic N) is 2. The number of rotatable bonds is 3. The molecule has 5 heteroatoms. The van der Waals surface area contributed by atoms with Crippen LogP contribution in [0.1, 0.15) is 48.6 Å². The summed E-state index contributed by atoms with van der Waals surface area (Å²) in [6, 6.07) is 8.81. The monoisotopic (exact) mass is 314 g/mol. The van der Waals surface area contributed by atoms with Gasteiger partial charge >= 0.3 is 0 Å². The number of hydrogen-bond donors (Lipinski definition) is 2. The van der Waals surface area contributed by atoms with Gasteiger partial charge < -0.3 is 15.2 Å².